The molecule has 0 spiro atoms. The lowest BCUT2D eigenvalue weighted by Gasteiger charge is -2.39. The van der Waals surface area contributed by atoms with Gasteiger partial charge in [-0.3, -0.25) is 14.5 Å². The molecule has 176 valence electrons. The number of ketones is 1. The maximum Gasteiger partial charge on any atom is 0.266 e. The van der Waals surface area contributed by atoms with E-state index in [4.69, 9.17) is 0 Å². The summed E-state index contributed by atoms with van der Waals surface area (Å²) in [5.41, 5.74) is 3.80. The van der Waals surface area contributed by atoms with Gasteiger partial charge < -0.3 is 10.2 Å². The lowest BCUT2D eigenvalue weighted by Crippen LogP contribution is -2.50. The molecular formula is C29H28N4O2. The van der Waals surface area contributed by atoms with Crippen molar-refractivity contribution in [3.05, 3.63) is 113 Å². The van der Waals surface area contributed by atoms with Crippen LogP contribution >= 0.6 is 0 Å². The third-order valence-electron chi connectivity index (χ3n) is 6.22. The van der Waals surface area contributed by atoms with E-state index in [9.17, 15) is 14.9 Å². The van der Waals surface area contributed by atoms with Crippen LogP contribution in [0.25, 0.3) is 0 Å². The molecule has 6 nitrogen and oxygen atoms in total. The summed E-state index contributed by atoms with van der Waals surface area (Å²) in [5.74, 6) is -0.295. The lowest BCUT2D eigenvalue weighted by molar-refractivity contribution is -0.128. The number of rotatable bonds is 7. The van der Waals surface area contributed by atoms with Gasteiger partial charge in [0.25, 0.3) is 5.91 Å². The molecule has 1 amide bonds. The number of nitrogens with zero attached hydrogens (tertiary/aromatic N) is 3. The van der Waals surface area contributed by atoms with Crippen LogP contribution < -0.4 is 5.32 Å². The van der Waals surface area contributed by atoms with Crippen LogP contribution in [-0.2, 0) is 4.79 Å². The van der Waals surface area contributed by atoms with Crippen LogP contribution in [0.2, 0.25) is 0 Å². The summed E-state index contributed by atoms with van der Waals surface area (Å²) < 4.78 is 0. The van der Waals surface area contributed by atoms with Gasteiger partial charge in [0.15, 0.2) is 5.78 Å². The maximum absolute atomic E-state index is 13.0. The van der Waals surface area contributed by atoms with E-state index >= 15 is 0 Å². The fraction of sp³-hybridized carbons (Fsp3) is 0.207. The van der Waals surface area contributed by atoms with Gasteiger partial charge in [0, 0.05) is 43.6 Å². The average Bonchev–Trinajstić information content (AvgIpc) is 2.91. The van der Waals surface area contributed by atoms with Gasteiger partial charge in [-0.05, 0) is 42.3 Å². The van der Waals surface area contributed by atoms with Crippen LogP contribution in [0.5, 0.6) is 0 Å². The number of Topliss-reactive ketones (excluding diaryl/α,β-unsaturated/α-hetero) is 1. The minimum absolute atomic E-state index is 0.0131. The van der Waals surface area contributed by atoms with Gasteiger partial charge in [0.1, 0.15) is 11.6 Å². The summed E-state index contributed by atoms with van der Waals surface area (Å²) in [4.78, 5) is 28.6. The summed E-state index contributed by atoms with van der Waals surface area (Å²) >= 11 is 0. The second kappa shape index (κ2) is 11.3. The first-order valence-corrected chi connectivity index (χ1v) is 11.7. The van der Waals surface area contributed by atoms with Crippen LogP contribution in [0.1, 0.15) is 34.5 Å². The second-order valence-corrected chi connectivity index (χ2v) is 8.50. The van der Waals surface area contributed by atoms with E-state index in [1.807, 2.05) is 18.2 Å². The molecule has 0 bridgehead atoms. The Morgan fingerprint density at radius 1 is 0.857 bits per heavy atom. The molecule has 0 unspecified atom stereocenters. The number of carbonyl (C=O) groups excluding carboxylic acids is 2. The quantitative estimate of drug-likeness (QED) is 0.313. The Bertz CT molecular complexity index is 1180. The van der Waals surface area contributed by atoms with Crippen LogP contribution in [0.3, 0.4) is 0 Å². The van der Waals surface area contributed by atoms with Crippen LogP contribution in [0.4, 0.5) is 5.69 Å². The van der Waals surface area contributed by atoms with Crippen LogP contribution in [0, 0.1) is 11.3 Å². The van der Waals surface area contributed by atoms with Crippen molar-refractivity contribution in [2.45, 2.75) is 13.0 Å². The molecule has 3 aromatic carbocycles. The molecule has 1 saturated heterocycles. The second-order valence-electron chi connectivity index (χ2n) is 8.50. The van der Waals surface area contributed by atoms with E-state index in [1.54, 1.807) is 29.2 Å². The number of hydrogen-bond acceptors (Lipinski definition) is 5. The summed E-state index contributed by atoms with van der Waals surface area (Å²) in [6.07, 6.45) is 1.44. The molecule has 1 heterocycles. The molecule has 1 fully saturated rings. The molecule has 0 aromatic heterocycles. The van der Waals surface area contributed by atoms with Crippen molar-refractivity contribution >= 4 is 17.4 Å². The maximum atomic E-state index is 13.0. The Morgan fingerprint density at radius 2 is 1.40 bits per heavy atom. The van der Waals surface area contributed by atoms with Crippen molar-refractivity contribution in [2.75, 3.05) is 31.5 Å². The van der Waals surface area contributed by atoms with Gasteiger partial charge in [-0.25, -0.2) is 0 Å². The molecule has 35 heavy (non-hydrogen) atoms. The summed E-state index contributed by atoms with van der Waals surface area (Å²) in [6, 6.07) is 29.8. The van der Waals surface area contributed by atoms with E-state index in [0.717, 1.165) is 0 Å². The molecule has 0 aliphatic carbocycles. The highest BCUT2D eigenvalue weighted by atomic mass is 16.2. The van der Waals surface area contributed by atoms with Gasteiger partial charge in [0.2, 0.25) is 0 Å². The Kier molecular flexibility index (Phi) is 7.71. The monoisotopic (exact) mass is 464 g/mol. The highest BCUT2D eigenvalue weighted by molar-refractivity contribution is 5.97. The fourth-order valence-electron chi connectivity index (χ4n) is 4.34. The normalized spacial score (nSPS) is 14.4. The first-order valence-electron chi connectivity index (χ1n) is 11.7. The van der Waals surface area contributed by atoms with Gasteiger partial charge in [-0.2, -0.15) is 5.26 Å². The SMILES string of the molecule is CC(=O)c1ccc(N/C=C(/C#N)C(=O)N2CCN(C(c3ccccc3)c3ccccc3)CC2)cc1. The van der Waals surface area contributed by atoms with E-state index < -0.39 is 0 Å². The first kappa shape index (κ1) is 23.9. The molecule has 0 radical (unpaired) electrons. The largest absolute Gasteiger partial charge is 0.360 e. The molecule has 3 aromatic rings. The predicted molar refractivity (Wildman–Crippen MR) is 137 cm³/mol. The van der Waals surface area contributed by atoms with E-state index in [-0.39, 0.29) is 23.3 Å². The standard InChI is InChI=1S/C29H28N4O2/c1-22(34)23-12-14-27(15-13-23)31-21-26(20-30)29(35)33-18-16-32(17-19-33)28(24-8-4-2-5-9-24)25-10-6-3-7-11-25/h2-15,21,28,31H,16-19H2,1H3/b26-21-. The van der Waals surface area contributed by atoms with Crippen molar-refractivity contribution in [3.8, 4) is 6.07 Å². The summed E-state index contributed by atoms with van der Waals surface area (Å²) in [7, 11) is 0. The zero-order valence-corrected chi connectivity index (χ0v) is 19.7. The van der Waals surface area contributed by atoms with Crippen molar-refractivity contribution in [3.63, 3.8) is 0 Å². The van der Waals surface area contributed by atoms with Crippen LogP contribution in [0.15, 0.2) is 96.7 Å². The topological polar surface area (TPSA) is 76.4 Å². The minimum Gasteiger partial charge on any atom is -0.360 e. The molecule has 1 aliphatic heterocycles. The lowest BCUT2D eigenvalue weighted by atomic mass is 9.96. The Balaban J connectivity index is 1.42. The third kappa shape index (κ3) is 5.84. The van der Waals surface area contributed by atoms with E-state index in [2.05, 4.69) is 58.7 Å². The van der Waals surface area contributed by atoms with Gasteiger partial charge >= 0.3 is 0 Å². The molecular weight excluding hydrogens is 436 g/mol. The number of amides is 1. The first-order chi connectivity index (χ1) is 17.1. The third-order valence-corrected chi connectivity index (χ3v) is 6.22. The van der Waals surface area contributed by atoms with Crippen molar-refractivity contribution in [1.82, 2.24) is 9.80 Å². The number of piperazine rings is 1. The van der Waals surface area contributed by atoms with Gasteiger partial charge in [0.05, 0.1) is 6.04 Å². The summed E-state index contributed by atoms with van der Waals surface area (Å²) in [6.45, 7) is 4.01. The molecule has 1 aliphatic rings. The zero-order valence-electron chi connectivity index (χ0n) is 19.7. The molecule has 6 heteroatoms. The smallest absolute Gasteiger partial charge is 0.266 e. The molecule has 1 N–H and O–H groups in total. The number of nitriles is 1. The molecule has 0 saturated carbocycles. The van der Waals surface area contributed by atoms with Crippen molar-refractivity contribution in [2.24, 2.45) is 0 Å². The van der Waals surface area contributed by atoms with Crippen molar-refractivity contribution in [1.29, 1.82) is 5.26 Å². The Hall–Kier alpha value is -4.21. The summed E-state index contributed by atoms with van der Waals surface area (Å²) in [5, 5.41) is 12.6. The average molecular weight is 465 g/mol. The molecule has 0 atom stereocenters. The zero-order chi connectivity index (χ0) is 24.6. The number of anilines is 1. The number of hydrogen-bond donors (Lipinski definition) is 1. The predicted octanol–water partition coefficient (Wildman–Crippen LogP) is 4.64. The van der Waals surface area contributed by atoms with E-state index in [1.165, 1.54) is 24.3 Å². The number of carbonyl (C=O) groups is 2. The highest BCUT2D eigenvalue weighted by Gasteiger charge is 2.29. The van der Waals surface area contributed by atoms with E-state index in [0.29, 0.717) is 37.4 Å². The fourth-order valence-corrected chi connectivity index (χ4v) is 4.34. The number of nitrogens with one attached hydrogen (secondary N) is 1. The Labute approximate surface area is 206 Å². The van der Waals surface area contributed by atoms with Gasteiger partial charge in [-0.15, -0.1) is 0 Å². The van der Waals surface area contributed by atoms with Crippen LogP contribution in [-0.4, -0.2) is 47.7 Å². The molecule has 4 rings (SSSR count). The van der Waals surface area contributed by atoms with Gasteiger partial charge in [-0.1, -0.05) is 60.7 Å². The van der Waals surface area contributed by atoms with Crippen molar-refractivity contribution < 1.29 is 9.59 Å². The number of benzene rings is 3. The Morgan fingerprint density at radius 3 is 1.89 bits per heavy atom. The minimum atomic E-state index is -0.282. The highest BCUT2D eigenvalue weighted by Crippen LogP contribution is 2.29.